The van der Waals surface area contributed by atoms with Gasteiger partial charge in [0.1, 0.15) is 0 Å². The van der Waals surface area contributed by atoms with E-state index in [9.17, 15) is 0 Å². The maximum atomic E-state index is 8.81. The molecular weight excluding hydrogens is 322 g/mol. The van der Waals surface area contributed by atoms with E-state index in [1.54, 1.807) is 0 Å². The smallest absolute Gasteiger partial charge is 0.231 e. The number of hydrogen-bond donors (Lipinski definition) is 0. The van der Waals surface area contributed by atoms with Crippen LogP contribution in [0.5, 0.6) is 11.5 Å². The Labute approximate surface area is 149 Å². The second kappa shape index (κ2) is 11.7. The highest BCUT2D eigenvalue weighted by Crippen LogP contribution is 2.35. The summed E-state index contributed by atoms with van der Waals surface area (Å²) in [7, 11) is 0. The van der Waals surface area contributed by atoms with E-state index in [4.69, 9.17) is 28.9 Å². The van der Waals surface area contributed by atoms with Crippen molar-refractivity contribution in [2.45, 2.75) is 39.2 Å². The fourth-order valence-electron chi connectivity index (χ4n) is 2.45. The molecule has 0 atom stereocenters. The zero-order valence-electron chi connectivity index (χ0n) is 14.9. The lowest BCUT2D eigenvalue weighted by molar-refractivity contribution is 0.0101. The summed E-state index contributed by atoms with van der Waals surface area (Å²) in [5.41, 5.74) is 2.10. The first kappa shape index (κ1) is 19.5. The summed E-state index contributed by atoms with van der Waals surface area (Å²) in [4.78, 5) is 0. The van der Waals surface area contributed by atoms with E-state index in [0.29, 0.717) is 45.9 Å². The fraction of sp³-hybridized carbons (Fsp3) is 0.632. The molecule has 6 nitrogen and oxygen atoms in total. The number of fused-ring (bicyclic) bond motifs is 1. The van der Waals surface area contributed by atoms with E-state index in [2.05, 4.69) is 13.0 Å². The van der Waals surface area contributed by atoms with Crippen molar-refractivity contribution in [3.63, 3.8) is 0 Å². The molecule has 0 aliphatic carbocycles. The summed E-state index contributed by atoms with van der Waals surface area (Å²) in [5, 5.41) is 8.81. The van der Waals surface area contributed by atoms with Gasteiger partial charge >= 0.3 is 0 Å². The third kappa shape index (κ3) is 6.91. The van der Waals surface area contributed by atoms with Crippen LogP contribution in [0, 0.1) is 11.3 Å². The molecular formula is C19H27NO5. The summed E-state index contributed by atoms with van der Waals surface area (Å²) < 4.78 is 27.4. The van der Waals surface area contributed by atoms with Gasteiger partial charge in [0.2, 0.25) is 6.79 Å². The number of hydrogen-bond acceptors (Lipinski definition) is 6. The van der Waals surface area contributed by atoms with Crippen LogP contribution in [0.4, 0.5) is 0 Å². The molecule has 1 aliphatic rings. The molecule has 1 heterocycles. The van der Waals surface area contributed by atoms with Crippen molar-refractivity contribution in [2.24, 2.45) is 0 Å². The molecule has 0 aromatic heterocycles. The maximum absolute atomic E-state index is 8.81. The van der Waals surface area contributed by atoms with Gasteiger partial charge in [-0.1, -0.05) is 13.3 Å². The number of rotatable bonds is 13. The fourth-order valence-corrected chi connectivity index (χ4v) is 2.45. The van der Waals surface area contributed by atoms with Gasteiger partial charge in [0, 0.05) is 13.0 Å². The lowest BCUT2D eigenvalue weighted by Crippen LogP contribution is -2.10. The molecule has 0 bridgehead atoms. The molecule has 6 heteroatoms. The highest BCUT2D eigenvalue weighted by atomic mass is 16.7. The molecule has 1 aliphatic heterocycles. The molecule has 0 spiro atoms. The maximum Gasteiger partial charge on any atom is 0.231 e. The van der Waals surface area contributed by atoms with Gasteiger partial charge in [0.15, 0.2) is 11.5 Å². The van der Waals surface area contributed by atoms with Crippen LogP contribution in [0.2, 0.25) is 0 Å². The molecule has 0 fully saturated rings. The molecule has 1 aromatic rings. The Balaban J connectivity index is 1.67. The molecule has 1 aromatic carbocycles. The first-order valence-electron chi connectivity index (χ1n) is 8.86. The topological polar surface area (TPSA) is 69.9 Å². The van der Waals surface area contributed by atoms with Gasteiger partial charge in [-0.05, 0) is 36.1 Å². The average Bonchev–Trinajstić information content (AvgIpc) is 3.08. The molecule has 2 rings (SSSR count). The minimum Gasteiger partial charge on any atom is -0.454 e. The summed E-state index contributed by atoms with van der Waals surface area (Å²) >= 11 is 0. The molecule has 0 radical (unpaired) electrons. The number of nitrogens with zero attached hydrogens (tertiary/aromatic N) is 1. The van der Waals surface area contributed by atoms with Crippen LogP contribution in [0.25, 0.3) is 0 Å². The molecule has 138 valence electrons. The first-order chi connectivity index (χ1) is 12.3. The van der Waals surface area contributed by atoms with Crippen LogP contribution < -0.4 is 9.47 Å². The summed E-state index contributed by atoms with van der Waals surface area (Å²) in [5.74, 6) is 1.47. The first-order valence-corrected chi connectivity index (χ1v) is 8.86. The van der Waals surface area contributed by atoms with E-state index < -0.39 is 0 Å². The van der Waals surface area contributed by atoms with Crippen LogP contribution in [0.1, 0.15) is 37.3 Å². The van der Waals surface area contributed by atoms with Gasteiger partial charge in [0.25, 0.3) is 0 Å². The van der Waals surface area contributed by atoms with Gasteiger partial charge in [-0.3, -0.25) is 0 Å². The molecule has 0 unspecified atom stereocenters. The Kier molecular flexibility index (Phi) is 9.13. The summed E-state index contributed by atoms with van der Waals surface area (Å²) in [6, 6.07) is 6.06. The number of nitriles is 1. The van der Waals surface area contributed by atoms with Crippen molar-refractivity contribution in [1.82, 2.24) is 0 Å². The van der Waals surface area contributed by atoms with Gasteiger partial charge < -0.3 is 23.7 Å². The monoisotopic (exact) mass is 349 g/mol. The molecule has 0 amide bonds. The largest absolute Gasteiger partial charge is 0.454 e. The van der Waals surface area contributed by atoms with Crippen molar-refractivity contribution in [3.05, 3.63) is 23.3 Å². The number of benzene rings is 1. The minimum absolute atomic E-state index is 0.242. The second-order valence-corrected chi connectivity index (χ2v) is 5.76. The van der Waals surface area contributed by atoms with Gasteiger partial charge in [-0.2, -0.15) is 5.26 Å². The molecule has 25 heavy (non-hydrogen) atoms. The average molecular weight is 349 g/mol. The Bertz CT molecular complexity index is 555. The summed E-state index contributed by atoms with van der Waals surface area (Å²) in [6.07, 6.45) is 3.38. The van der Waals surface area contributed by atoms with E-state index in [1.807, 2.05) is 12.1 Å². The van der Waals surface area contributed by atoms with E-state index in [1.165, 1.54) is 0 Å². The normalized spacial score (nSPS) is 12.3. The van der Waals surface area contributed by atoms with Crippen LogP contribution in [0.3, 0.4) is 0 Å². The minimum atomic E-state index is 0.242. The predicted molar refractivity (Wildman–Crippen MR) is 92.7 cm³/mol. The van der Waals surface area contributed by atoms with Crippen LogP contribution in [-0.4, -0.2) is 39.8 Å². The van der Waals surface area contributed by atoms with Gasteiger partial charge in [0.05, 0.1) is 39.1 Å². The van der Waals surface area contributed by atoms with Crippen molar-refractivity contribution < 1.29 is 23.7 Å². The quantitative estimate of drug-likeness (QED) is 0.509. The zero-order chi connectivity index (χ0) is 17.7. The lowest BCUT2D eigenvalue weighted by Gasteiger charge is -2.11. The van der Waals surface area contributed by atoms with Crippen molar-refractivity contribution in [1.29, 1.82) is 5.26 Å². The van der Waals surface area contributed by atoms with Crippen LogP contribution in [0.15, 0.2) is 12.1 Å². The van der Waals surface area contributed by atoms with E-state index >= 15 is 0 Å². The molecule has 0 saturated heterocycles. The van der Waals surface area contributed by atoms with Crippen molar-refractivity contribution in [3.8, 4) is 17.6 Å². The van der Waals surface area contributed by atoms with E-state index in [0.717, 1.165) is 42.1 Å². The third-order valence-corrected chi connectivity index (χ3v) is 3.84. The second-order valence-electron chi connectivity index (χ2n) is 5.76. The predicted octanol–water partition coefficient (Wildman–Crippen LogP) is 3.22. The molecule has 0 saturated carbocycles. The third-order valence-electron chi connectivity index (χ3n) is 3.84. The zero-order valence-corrected chi connectivity index (χ0v) is 14.9. The van der Waals surface area contributed by atoms with Crippen molar-refractivity contribution in [2.75, 3.05) is 39.8 Å². The Morgan fingerprint density at radius 3 is 2.28 bits per heavy atom. The number of ether oxygens (including phenoxy) is 5. The Morgan fingerprint density at radius 1 is 0.960 bits per heavy atom. The standard InChI is InChI=1S/C19H27NO5/c1-2-3-7-21-8-9-22-10-11-23-14-17-13-19-18(24-15-25-19)12-16(17)5-4-6-20/h12-13H,2-5,7-11,14-15H2,1H3. The highest BCUT2D eigenvalue weighted by Gasteiger charge is 2.17. The Morgan fingerprint density at radius 2 is 1.60 bits per heavy atom. The van der Waals surface area contributed by atoms with E-state index in [-0.39, 0.29) is 6.79 Å². The highest BCUT2D eigenvalue weighted by molar-refractivity contribution is 5.48. The van der Waals surface area contributed by atoms with Crippen LogP contribution in [-0.2, 0) is 27.2 Å². The SMILES string of the molecule is CCCCOCCOCCOCc1cc2c(cc1CCC#N)OCO2. The van der Waals surface area contributed by atoms with Gasteiger partial charge in [-0.15, -0.1) is 0 Å². The van der Waals surface area contributed by atoms with Crippen LogP contribution >= 0.6 is 0 Å². The van der Waals surface area contributed by atoms with Crippen molar-refractivity contribution >= 4 is 0 Å². The molecule has 0 N–H and O–H groups in total. The number of unbranched alkanes of at least 4 members (excludes halogenated alkanes) is 1. The Hall–Kier alpha value is -1.81. The summed E-state index contributed by atoms with van der Waals surface area (Å²) in [6.45, 7) is 5.91. The number of aryl methyl sites for hydroxylation is 1. The van der Waals surface area contributed by atoms with Gasteiger partial charge in [-0.25, -0.2) is 0 Å². The lowest BCUT2D eigenvalue weighted by atomic mass is 10.0.